The second kappa shape index (κ2) is 4.63. The average Bonchev–Trinajstić information content (AvgIpc) is 2.32. The summed E-state index contributed by atoms with van der Waals surface area (Å²) in [5, 5.41) is 13.6. The van der Waals surface area contributed by atoms with Gasteiger partial charge in [-0.05, 0) is 26.2 Å². The van der Waals surface area contributed by atoms with Crippen LogP contribution in [0.5, 0.6) is 0 Å². The molecule has 74 valence electrons. The van der Waals surface area contributed by atoms with E-state index in [1.807, 2.05) is 14.0 Å². The van der Waals surface area contributed by atoms with E-state index in [0.717, 1.165) is 35.7 Å². The largest absolute Gasteiger partial charge is 0.396 e. The maximum Gasteiger partial charge on any atom is 0.130 e. The molecule has 0 unspecified atom stereocenters. The van der Waals surface area contributed by atoms with Gasteiger partial charge in [0.05, 0.1) is 5.69 Å². The van der Waals surface area contributed by atoms with E-state index >= 15 is 0 Å². The van der Waals surface area contributed by atoms with Gasteiger partial charge in [-0.3, -0.25) is 4.68 Å². The minimum Gasteiger partial charge on any atom is -0.396 e. The normalized spacial score (nSPS) is 10.8. The summed E-state index contributed by atoms with van der Waals surface area (Å²) in [7, 11) is 1.84. The molecule has 13 heavy (non-hydrogen) atoms. The van der Waals surface area contributed by atoms with Gasteiger partial charge in [-0.25, -0.2) is 0 Å². The molecule has 1 rings (SSSR count). The molecule has 0 amide bonds. The highest BCUT2D eigenvalue weighted by atomic mass is 35.5. The first kappa shape index (κ1) is 10.5. The smallest absolute Gasteiger partial charge is 0.130 e. The second-order valence-electron chi connectivity index (χ2n) is 3.16. The summed E-state index contributed by atoms with van der Waals surface area (Å²) in [6.07, 6.45) is 2.69. The molecule has 3 nitrogen and oxygen atoms in total. The number of hydrogen-bond donors (Lipinski definition) is 1. The summed E-state index contributed by atoms with van der Waals surface area (Å²) >= 11 is 6.03. The Morgan fingerprint density at radius 1 is 1.46 bits per heavy atom. The predicted molar refractivity (Wildman–Crippen MR) is 53.0 cm³/mol. The van der Waals surface area contributed by atoms with E-state index < -0.39 is 0 Å². The van der Waals surface area contributed by atoms with Gasteiger partial charge in [-0.1, -0.05) is 11.6 Å². The van der Waals surface area contributed by atoms with E-state index in [9.17, 15) is 0 Å². The molecule has 1 aromatic heterocycles. The van der Waals surface area contributed by atoms with Crippen LogP contribution in [0.2, 0.25) is 5.15 Å². The molecule has 0 radical (unpaired) electrons. The van der Waals surface area contributed by atoms with Crippen molar-refractivity contribution in [3.05, 3.63) is 16.4 Å². The number of aromatic nitrogens is 2. The van der Waals surface area contributed by atoms with E-state index in [1.165, 1.54) is 0 Å². The van der Waals surface area contributed by atoms with Gasteiger partial charge in [0.1, 0.15) is 5.15 Å². The first-order valence-corrected chi connectivity index (χ1v) is 4.83. The molecule has 4 heteroatoms. The highest BCUT2D eigenvalue weighted by molar-refractivity contribution is 6.30. The molecule has 1 aromatic rings. The quantitative estimate of drug-likeness (QED) is 0.755. The molecule has 0 aliphatic heterocycles. The van der Waals surface area contributed by atoms with Gasteiger partial charge in [0.2, 0.25) is 0 Å². The van der Waals surface area contributed by atoms with Crippen molar-refractivity contribution >= 4 is 11.6 Å². The fourth-order valence-electron chi connectivity index (χ4n) is 1.37. The molecular formula is C9H15ClN2O. The summed E-state index contributed by atoms with van der Waals surface area (Å²) in [5.74, 6) is 0. The predicted octanol–water partition coefficient (Wildman–Crippen LogP) is 1.70. The van der Waals surface area contributed by atoms with Crippen molar-refractivity contribution in [1.29, 1.82) is 0 Å². The molecule has 0 aliphatic carbocycles. The second-order valence-corrected chi connectivity index (χ2v) is 3.52. The van der Waals surface area contributed by atoms with Gasteiger partial charge < -0.3 is 5.11 Å². The van der Waals surface area contributed by atoms with Crippen LogP contribution in [0, 0.1) is 6.92 Å². The Bertz CT molecular complexity index is 283. The van der Waals surface area contributed by atoms with Crippen molar-refractivity contribution in [1.82, 2.24) is 9.78 Å². The molecule has 0 bridgehead atoms. The summed E-state index contributed by atoms with van der Waals surface area (Å²) in [6.45, 7) is 2.21. The summed E-state index contributed by atoms with van der Waals surface area (Å²) < 4.78 is 1.69. The van der Waals surface area contributed by atoms with Gasteiger partial charge in [-0.15, -0.1) is 0 Å². The Balaban J connectivity index is 2.64. The zero-order chi connectivity index (χ0) is 9.84. The minimum atomic E-state index is 0.247. The Morgan fingerprint density at radius 3 is 2.62 bits per heavy atom. The number of nitrogens with zero attached hydrogens (tertiary/aromatic N) is 2. The Morgan fingerprint density at radius 2 is 2.15 bits per heavy atom. The van der Waals surface area contributed by atoms with Crippen LogP contribution in [-0.2, 0) is 13.5 Å². The van der Waals surface area contributed by atoms with Crippen LogP contribution in [0.15, 0.2) is 0 Å². The third-order valence-electron chi connectivity index (χ3n) is 2.10. The van der Waals surface area contributed by atoms with E-state index in [4.69, 9.17) is 16.7 Å². The van der Waals surface area contributed by atoms with Gasteiger partial charge in [0.25, 0.3) is 0 Å². The van der Waals surface area contributed by atoms with Gasteiger partial charge >= 0.3 is 0 Å². The number of aryl methyl sites for hydroxylation is 2. The number of halogens is 1. The first-order valence-electron chi connectivity index (χ1n) is 4.45. The fraction of sp³-hybridized carbons (Fsp3) is 0.667. The summed E-state index contributed by atoms with van der Waals surface area (Å²) in [4.78, 5) is 0. The monoisotopic (exact) mass is 202 g/mol. The molecule has 0 saturated carbocycles. The zero-order valence-electron chi connectivity index (χ0n) is 8.05. The van der Waals surface area contributed by atoms with Crippen molar-refractivity contribution < 1.29 is 5.11 Å². The molecule has 1 N–H and O–H groups in total. The minimum absolute atomic E-state index is 0.247. The van der Waals surface area contributed by atoms with Crippen molar-refractivity contribution in [2.45, 2.75) is 26.2 Å². The van der Waals surface area contributed by atoms with E-state index in [0.29, 0.717) is 0 Å². The number of aliphatic hydroxyl groups is 1. The molecule has 0 aliphatic rings. The van der Waals surface area contributed by atoms with Crippen LogP contribution in [0.25, 0.3) is 0 Å². The fourth-order valence-corrected chi connectivity index (χ4v) is 1.64. The Hall–Kier alpha value is -0.540. The maximum absolute atomic E-state index is 8.63. The lowest BCUT2D eigenvalue weighted by Crippen LogP contribution is -1.91. The molecule has 0 atom stereocenters. The lowest BCUT2D eigenvalue weighted by atomic mass is 10.1. The first-order chi connectivity index (χ1) is 6.16. The number of hydrogen-bond acceptors (Lipinski definition) is 2. The highest BCUT2D eigenvalue weighted by Crippen LogP contribution is 2.20. The van der Waals surface area contributed by atoms with Gasteiger partial charge in [0.15, 0.2) is 0 Å². The third-order valence-corrected chi connectivity index (χ3v) is 2.58. The van der Waals surface area contributed by atoms with Gasteiger partial charge in [-0.2, -0.15) is 5.10 Å². The van der Waals surface area contributed by atoms with E-state index in [1.54, 1.807) is 4.68 Å². The van der Waals surface area contributed by atoms with Crippen molar-refractivity contribution in [3.8, 4) is 0 Å². The summed E-state index contributed by atoms with van der Waals surface area (Å²) in [6, 6.07) is 0. The molecule has 0 fully saturated rings. The van der Waals surface area contributed by atoms with Crippen molar-refractivity contribution in [3.63, 3.8) is 0 Å². The lowest BCUT2D eigenvalue weighted by Gasteiger charge is -1.98. The zero-order valence-corrected chi connectivity index (χ0v) is 8.80. The number of aliphatic hydroxyl groups excluding tert-OH is 1. The Labute approximate surface area is 83.3 Å². The van der Waals surface area contributed by atoms with Gasteiger partial charge in [0, 0.05) is 19.2 Å². The molecule has 0 spiro atoms. The topological polar surface area (TPSA) is 38.0 Å². The van der Waals surface area contributed by atoms with Crippen LogP contribution in [-0.4, -0.2) is 21.5 Å². The van der Waals surface area contributed by atoms with Crippen molar-refractivity contribution in [2.24, 2.45) is 7.05 Å². The molecule has 0 saturated heterocycles. The standard InChI is InChI=1S/C9H15ClN2O/c1-7-8(5-3-4-6-13)9(10)12(2)11-7/h13H,3-6H2,1-2H3. The Kier molecular flexibility index (Phi) is 3.75. The summed E-state index contributed by atoms with van der Waals surface area (Å²) in [5.41, 5.74) is 2.10. The number of rotatable bonds is 4. The van der Waals surface area contributed by atoms with Crippen LogP contribution in [0.3, 0.4) is 0 Å². The number of unbranched alkanes of at least 4 members (excludes halogenated alkanes) is 1. The van der Waals surface area contributed by atoms with E-state index in [-0.39, 0.29) is 6.61 Å². The third kappa shape index (κ3) is 2.45. The lowest BCUT2D eigenvalue weighted by molar-refractivity contribution is 0.284. The van der Waals surface area contributed by atoms with Crippen LogP contribution in [0.4, 0.5) is 0 Å². The molecular weight excluding hydrogens is 188 g/mol. The van der Waals surface area contributed by atoms with Crippen molar-refractivity contribution in [2.75, 3.05) is 6.61 Å². The SMILES string of the molecule is Cc1nn(C)c(Cl)c1CCCCO. The maximum atomic E-state index is 8.63. The van der Waals surface area contributed by atoms with Crippen LogP contribution >= 0.6 is 11.6 Å². The molecule has 0 aromatic carbocycles. The highest BCUT2D eigenvalue weighted by Gasteiger charge is 2.09. The average molecular weight is 203 g/mol. The molecule has 1 heterocycles. The van der Waals surface area contributed by atoms with E-state index in [2.05, 4.69) is 5.10 Å². The van der Waals surface area contributed by atoms with Crippen LogP contribution in [0.1, 0.15) is 24.1 Å². The van der Waals surface area contributed by atoms with Crippen LogP contribution < -0.4 is 0 Å².